The molecule has 0 aromatic heterocycles. The number of ketones is 2. The van der Waals surface area contributed by atoms with E-state index in [0.717, 1.165) is 26.2 Å². The first-order valence-corrected chi connectivity index (χ1v) is 4.71. The molecule has 1 saturated heterocycles. The van der Waals surface area contributed by atoms with Crippen molar-refractivity contribution in [2.45, 2.75) is 0 Å². The van der Waals surface area contributed by atoms with Gasteiger partial charge >= 0.3 is 0 Å². The van der Waals surface area contributed by atoms with Crippen LogP contribution in [0.4, 0.5) is 0 Å². The smallest absolute Gasteiger partial charge is 0.202 e. The molecule has 0 bridgehead atoms. The van der Waals surface area contributed by atoms with Crippen molar-refractivity contribution < 1.29 is 9.59 Å². The second-order valence-corrected chi connectivity index (χ2v) is 3.37. The molecular formula is C10H12N2O2. The SMILES string of the molecule is O=C1C=CC(=O)C(N2CCNCC2)=C1. The van der Waals surface area contributed by atoms with E-state index < -0.39 is 0 Å². The van der Waals surface area contributed by atoms with Crippen LogP contribution < -0.4 is 5.32 Å². The van der Waals surface area contributed by atoms with E-state index in [2.05, 4.69) is 5.32 Å². The standard InChI is InChI=1S/C10H12N2O2/c13-8-1-2-10(14)9(7-8)12-5-3-11-4-6-12/h1-2,7,11H,3-6H2. The molecule has 2 aliphatic rings. The van der Waals surface area contributed by atoms with Crippen molar-refractivity contribution >= 4 is 11.6 Å². The predicted molar refractivity (Wildman–Crippen MR) is 51.7 cm³/mol. The third-order valence-corrected chi connectivity index (χ3v) is 2.39. The molecule has 0 aromatic carbocycles. The van der Waals surface area contributed by atoms with Crippen molar-refractivity contribution in [3.63, 3.8) is 0 Å². The minimum atomic E-state index is -0.0990. The van der Waals surface area contributed by atoms with E-state index >= 15 is 0 Å². The molecular weight excluding hydrogens is 180 g/mol. The van der Waals surface area contributed by atoms with Gasteiger partial charge < -0.3 is 10.2 Å². The summed E-state index contributed by atoms with van der Waals surface area (Å²) in [6.07, 6.45) is 4.08. The molecule has 0 radical (unpaired) electrons. The number of piperazine rings is 1. The van der Waals surface area contributed by atoms with E-state index in [0.29, 0.717) is 5.70 Å². The molecule has 1 fully saturated rings. The van der Waals surface area contributed by atoms with E-state index in [1.807, 2.05) is 4.90 Å². The molecule has 4 nitrogen and oxygen atoms in total. The average molecular weight is 192 g/mol. The highest BCUT2D eigenvalue weighted by Crippen LogP contribution is 2.11. The molecule has 0 saturated carbocycles. The van der Waals surface area contributed by atoms with Crippen LogP contribution in [0.2, 0.25) is 0 Å². The van der Waals surface area contributed by atoms with Crippen LogP contribution in [0.25, 0.3) is 0 Å². The lowest BCUT2D eigenvalue weighted by Crippen LogP contribution is -2.44. The second kappa shape index (κ2) is 3.75. The first kappa shape index (κ1) is 9.15. The maximum atomic E-state index is 11.5. The Hall–Kier alpha value is -1.42. The highest BCUT2D eigenvalue weighted by Gasteiger charge is 2.20. The summed E-state index contributed by atoms with van der Waals surface area (Å²) in [6.45, 7) is 3.31. The van der Waals surface area contributed by atoms with Gasteiger partial charge in [0.15, 0.2) is 5.78 Å². The van der Waals surface area contributed by atoms with Gasteiger partial charge in [-0.15, -0.1) is 0 Å². The van der Waals surface area contributed by atoms with Gasteiger partial charge in [0, 0.05) is 32.3 Å². The van der Waals surface area contributed by atoms with Gasteiger partial charge in [-0.25, -0.2) is 0 Å². The Labute approximate surface area is 82.3 Å². The topological polar surface area (TPSA) is 49.4 Å². The fraction of sp³-hybridized carbons (Fsp3) is 0.400. The first-order valence-electron chi connectivity index (χ1n) is 4.71. The third kappa shape index (κ3) is 1.75. The van der Waals surface area contributed by atoms with Crippen molar-refractivity contribution in [2.75, 3.05) is 26.2 Å². The van der Waals surface area contributed by atoms with Gasteiger partial charge in [-0.05, 0) is 12.2 Å². The van der Waals surface area contributed by atoms with Gasteiger partial charge in [0.2, 0.25) is 5.78 Å². The van der Waals surface area contributed by atoms with Crippen molar-refractivity contribution in [1.82, 2.24) is 10.2 Å². The van der Waals surface area contributed by atoms with Crippen LogP contribution in [-0.4, -0.2) is 42.6 Å². The molecule has 74 valence electrons. The summed E-state index contributed by atoms with van der Waals surface area (Å²) in [4.78, 5) is 24.5. The summed E-state index contributed by atoms with van der Waals surface area (Å²) in [6, 6.07) is 0. The number of hydrogen-bond donors (Lipinski definition) is 1. The Bertz CT molecular complexity index is 325. The zero-order valence-electron chi connectivity index (χ0n) is 7.82. The molecule has 1 N–H and O–H groups in total. The molecule has 4 heteroatoms. The zero-order chi connectivity index (χ0) is 9.97. The summed E-state index contributed by atoms with van der Waals surface area (Å²) < 4.78 is 0. The molecule has 0 aromatic rings. The Morgan fingerprint density at radius 1 is 1.14 bits per heavy atom. The maximum Gasteiger partial charge on any atom is 0.202 e. The highest BCUT2D eigenvalue weighted by molar-refractivity contribution is 6.16. The molecule has 1 aliphatic heterocycles. The summed E-state index contributed by atoms with van der Waals surface area (Å²) in [7, 11) is 0. The molecule has 1 aliphatic carbocycles. The zero-order valence-corrected chi connectivity index (χ0v) is 7.82. The molecule has 0 spiro atoms. The average Bonchev–Trinajstić information content (AvgIpc) is 2.23. The third-order valence-electron chi connectivity index (χ3n) is 2.39. The first-order chi connectivity index (χ1) is 6.77. The van der Waals surface area contributed by atoms with Gasteiger partial charge in [0.25, 0.3) is 0 Å². The van der Waals surface area contributed by atoms with Crippen LogP contribution in [0.5, 0.6) is 0 Å². The Morgan fingerprint density at radius 3 is 2.57 bits per heavy atom. The number of carbonyl (C=O) groups is 2. The molecule has 0 atom stereocenters. The molecule has 1 heterocycles. The van der Waals surface area contributed by atoms with E-state index in [1.54, 1.807) is 0 Å². The Balaban J connectivity index is 2.15. The fourth-order valence-electron chi connectivity index (χ4n) is 1.65. The Morgan fingerprint density at radius 2 is 1.86 bits per heavy atom. The Kier molecular flexibility index (Phi) is 2.45. The van der Waals surface area contributed by atoms with E-state index in [4.69, 9.17) is 0 Å². The predicted octanol–water partition coefficient (Wildman–Crippen LogP) is -0.516. The van der Waals surface area contributed by atoms with Gasteiger partial charge in [0.1, 0.15) is 0 Å². The summed E-state index contributed by atoms with van der Waals surface area (Å²) >= 11 is 0. The monoisotopic (exact) mass is 192 g/mol. The molecule has 0 amide bonds. The fourth-order valence-corrected chi connectivity index (χ4v) is 1.65. The van der Waals surface area contributed by atoms with Gasteiger partial charge in [-0.1, -0.05) is 0 Å². The summed E-state index contributed by atoms with van der Waals surface area (Å²) in [5, 5.41) is 3.20. The summed E-state index contributed by atoms with van der Waals surface area (Å²) in [5.74, 6) is -0.162. The number of rotatable bonds is 1. The lowest BCUT2D eigenvalue weighted by atomic mass is 10.1. The van der Waals surface area contributed by atoms with Gasteiger partial charge in [-0.3, -0.25) is 9.59 Å². The van der Waals surface area contributed by atoms with Crippen molar-refractivity contribution in [3.05, 3.63) is 23.9 Å². The molecule has 14 heavy (non-hydrogen) atoms. The van der Waals surface area contributed by atoms with Gasteiger partial charge in [-0.2, -0.15) is 0 Å². The van der Waals surface area contributed by atoms with Gasteiger partial charge in [0.05, 0.1) is 5.70 Å². The van der Waals surface area contributed by atoms with Crippen LogP contribution >= 0.6 is 0 Å². The van der Waals surface area contributed by atoms with Crippen LogP contribution in [0.3, 0.4) is 0 Å². The maximum absolute atomic E-state index is 11.5. The van der Waals surface area contributed by atoms with E-state index in [-0.39, 0.29) is 11.6 Å². The van der Waals surface area contributed by atoms with Crippen LogP contribution in [0.1, 0.15) is 0 Å². The highest BCUT2D eigenvalue weighted by atomic mass is 16.1. The second-order valence-electron chi connectivity index (χ2n) is 3.37. The number of nitrogens with one attached hydrogen (secondary N) is 1. The largest absolute Gasteiger partial charge is 0.366 e. The van der Waals surface area contributed by atoms with E-state index in [9.17, 15) is 9.59 Å². The molecule has 0 unspecified atom stereocenters. The quantitative estimate of drug-likeness (QED) is 0.568. The van der Waals surface area contributed by atoms with Crippen molar-refractivity contribution in [1.29, 1.82) is 0 Å². The number of allylic oxidation sites excluding steroid dienone is 3. The lowest BCUT2D eigenvalue weighted by Gasteiger charge is -2.30. The summed E-state index contributed by atoms with van der Waals surface area (Å²) in [5.41, 5.74) is 0.541. The number of carbonyl (C=O) groups excluding carboxylic acids is 2. The van der Waals surface area contributed by atoms with Crippen LogP contribution in [0.15, 0.2) is 23.9 Å². The number of hydrogen-bond acceptors (Lipinski definition) is 4. The van der Waals surface area contributed by atoms with Crippen LogP contribution in [-0.2, 0) is 9.59 Å². The number of nitrogens with zero attached hydrogens (tertiary/aromatic N) is 1. The minimum Gasteiger partial charge on any atom is -0.366 e. The molecule has 2 rings (SSSR count). The minimum absolute atomic E-state index is 0.0634. The normalized spacial score (nSPS) is 22.6. The lowest BCUT2D eigenvalue weighted by molar-refractivity contribution is -0.115. The van der Waals surface area contributed by atoms with Crippen LogP contribution in [0, 0.1) is 0 Å². The van der Waals surface area contributed by atoms with Crippen molar-refractivity contribution in [3.8, 4) is 0 Å². The van der Waals surface area contributed by atoms with E-state index in [1.165, 1.54) is 18.2 Å². The van der Waals surface area contributed by atoms with Crippen molar-refractivity contribution in [2.24, 2.45) is 0 Å².